The van der Waals surface area contributed by atoms with Crippen LogP contribution in [0.5, 0.6) is 11.5 Å². The van der Waals surface area contributed by atoms with Crippen LogP contribution in [0.3, 0.4) is 0 Å². The van der Waals surface area contributed by atoms with Gasteiger partial charge in [0.05, 0.1) is 32.5 Å². The van der Waals surface area contributed by atoms with Crippen molar-refractivity contribution in [2.75, 3.05) is 38.3 Å². The topological polar surface area (TPSA) is 63.5 Å². The predicted octanol–water partition coefficient (Wildman–Crippen LogP) is 1.80. The lowest BCUT2D eigenvalue weighted by molar-refractivity contribution is -0.0690. The first kappa shape index (κ1) is 12.1. The number of benzene rings is 1. The lowest BCUT2D eigenvalue weighted by atomic mass is 9.88. The second-order valence-corrected chi connectivity index (χ2v) is 4.95. The molecule has 0 bridgehead atoms. The summed E-state index contributed by atoms with van der Waals surface area (Å²) in [6, 6.07) is 8.08. The van der Waals surface area contributed by atoms with Gasteiger partial charge in [-0.1, -0.05) is 0 Å². The van der Waals surface area contributed by atoms with E-state index in [-0.39, 0.29) is 5.41 Å². The summed E-state index contributed by atoms with van der Waals surface area (Å²) >= 11 is 0. The van der Waals surface area contributed by atoms with E-state index in [2.05, 4.69) is 11.4 Å². The molecule has 0 spiro atoms. The lowest BCUT2D eigenvalue weighted by Gasteiger charge is -2.35. The minimum atomic E-state index is -0.385. The molecule has 5 nitrogen and oxygen atoms in total. The summed E-state index contributed by atoms with van der Waals surface area (Å²) < 4.78 is 16.3. The lowest BCUT2D eigenvalue weighted by Crippen LogP contribution is -2.46. The smallest absolute Gasteiger partial charge is 0.163 e. The molecule has 2 aliphatic rings. The van der Waals surface area contributed by atoms with Gasteiger partial charge in [-0.2, -0.15) is 5.26 Å². The Morgan fingerprint density at radius 1 is 1.21 bits per heavy atom. The normalized spacial score (nSPS) is 19.7. The van der Waals surface area contributed by atoms with Crippen LogP contribution in [0.15, 0.2) is 18.2 Å². The van der Waals surface area contributed by atoms with Crippen LogP contribution in [0.25, 0.3) is 0 Å². The van der Waals surface area contributed by atoms with Crippen molar-refractivity contribution in [3.63, 3.8) is 0 Å². The van der Waals surface area contributed by atoms with E-state index >= 15 is 0 Å². The van der Waals surface area contributed by atoms with Gasteiger partial charge in [0.15, 0.2) is 11.5 Å². The summed E-state index contributed by atoms with van der Waals surface area (Å²) in [6.45, 7) is 2.95. The molecule has 0 aromatic heterocycles. The zero-order chi connectivity index (χ0) is 13.1. The highest BCUT2D eigenvalue weighted by molar-refractivity contribution is 5.55. The molecular weight excluding hydrogens is 244 g/mol. The maximum atomic E-state index is 9.13. The van der Waals surface area contributed by atoms with Crippen molar-refractivity contribution in [1.29, 1.82) is 5.26 Å². The van der Waals surface area contributed by atoms with Crippen LogP contribution >= 0.6 is 0 Å². The van der Waals surface area contributed by atoms with Gasteiger partial charge >= 0.3 is 0 Å². The third-order valence-corrected chi connectivity index (χ3v) is 3.37. The zero-order valence-electron chi connectivity index (χ0n) is 10.6. The van der Waals surface area contributed by atoms with Gasteiger partial charge in [-0.15, -0.1) is 0 Å². The van der Waals surface area contributed by atoms with E-state index in [0.29, 0.717) is 33.0 Å². The number of nitrogens with one attached hydrogen (secondary N) is 1. The third kappa shape index (κ3) is 2.45. The maximum Gasteiger partial charge on any atom is 0.163 e. The molecule has 19 heavy (non-hydrogen) atoms. The molecule has 0 unspecified atom stereocenters. The fourth-order valence-electron chi connectivity index (χ4n) is 2.10. The Morgan fingerprint density at radius 3 is 2.68 bits per heavy atom. The summed E-state index contributed by atoms with van der Waals surface area (Å²) in [5.41, 5.74) is 0.551. The van der Waals surface area contributed by atoms with E-state index in [1.54, 1.807) is 0 Å². The Balaban J connectivity index is 1.68. The van der Waals surface area contributed by atoms with Crippen molar-refractivity contribution in [2.24, 2.45) is 5.41 Å². The molecule has 0 aliphatic carbocycles. The molecular formula is C14H16N2O3. The van der Waals surface area contributed by atoms with Gasteiger partial charge in [-0.25, -0.2) is 0 Å². The molecule has 0 atom stereocenters. The maximum absolute atomic E-state index is 9.13. The molecule has 1 fully saturated rings. The van der Waals surface area contributed by atoms with E-state index in [1.165, 1.54) is 0 Å². The quantitative estimate of drug-likeness (QED) is 0.897. The molecule has 100 valence electrons. The fraction of sp³-hybridized carbons (Fsp3) is 0.500. The van der Waals surface area contributed by atoms with Crippen LogP contribution < -0.4 is 14.8 Å². The van der Waals surface area contributed by atoms with E-state index < -0.39 is 0 Å². The van der Waals surface area contributed by atoms with Crippen molar-refractivity contribution >= 4 is 5.69 Å². The average molecular weight is 260 g/mol. The van der Waals surface area contributed by atoms with Crippen molar-refractivity contribution < 1.29 is 14.2 Å². The highest BCUT2D eigenvalue weighted by atomic mass is 16.5. The van der Waals surface area contributed by atoms with Crippen molar-refractivity contribution in [3.05, 3.63) is 18.2 Å². The standard InChI is InChI=1S/C14H16N2O3/c15-7-14(9-17-10-14)8-16-11-2-3-12-13(6-11)19-5-1-4-18-12/h2-3,6,16H,1,4-5,8-10H2. The average Bonchev–Trinajstić information content (AvgIpc) is 2.62. The van der Waals surface area contributed by atoms with Crippen molar-refractivity contribution in [3.8, 4) is 17.6 Å². The summed E-state index contributed by atoms with van der Waals surface area (Å²) in [5.74, 6) is 1.54. The molecule has 3 rings (SSSR count). The molecule has 0 amide bonds. The Bertz CT molecular complexity index is 506. The second kappa shape index (κ2) is 4.98. The molecule has 0 radical (unpaired) electrons. The van der Waals surface area contributed by atoms with Crippen molar-refractivity contribution in [2.45, 2.75) is 6.42 Å². The third-order valence-electron chi connectivity index (χ3n) is 3.37. The van der Waals surface area contributed by atoms with Crippen molar-refractivity contribution in [1.82, 2.24) is 0 Å². The highest BCUT2D eigenvalue weighted by Crippen LogP contribution is 2.33. The first-order valence-corrected chi connectivity index (χ1v) is 6.44. The number of hydrogen-bond acceptors (Lipinski definition) is 5. The van der Waals surface area contributed by atoms with Gasteiger partial charge in [-0.05, 0) is 12.1 Å². The van der Waals surface area contributed by atoms with Gasteiger partial charge in [0.1, 0.15) is 5.41 Å². The molecule has 5 heteroatoms. The number of nitrogens with zero attached hydrogens (tertiary/aromatic N) is 1. The minimum Gasteiger partial charge on any atom is -0.490 e. The predicted molar refractivity (Wildman–Crippen MR) is 69.4 cm³/mol. The number of rotatable bonds is 3. The van der Waals surface area contributed by atoms with E-state index in [0.717, 1.165) is 23.6 Å². The SMILES string of the molecule is N#CC1(CNc2ccc3c(c2)OCCCO3)COC1. The van der Waals surface area contributed by atoms with Gasteiger partial charge in [0.25, 0.3) is 0 Å². The number of nitriles is 1. The monoisotopic (exact) mass is 260 g/mol. The molecule has 1 aromatic rings. The first-order valence-electron chi connectivity index (χ1n) is 6.44. The molecule has 0 saturated carbocycles. The largest absolute Gasteiger partial charge is 0.490 e. The second-order valence-electron chi connectivity index (χ2n) is 4.95. The van der Waals surface area contributed by atoms with Crippen LogP contribution in [0, 0.1) is 16.7 Å². The summed E-state index contributed by atoms with van der Waals surface area (Å²) in [5, 5.41) is 12.4. The van der Waals surface area contributed by atoms with Crippen LogP contribution in [-0.2, 0) is 4.74 Å². The molecule has 1 aromatic carbocycles. The highest BCUT2D eigenvalue weighted by Gasteiger charge is 2.38. The Hall–Kier alpha value is -1.93. The number of anilines is 1. The number of fused-ring (bicyclic) bond motifs is 1. The van der Waals surface area contributed by atoms with Gasteiger partial charge in [-0.3, -0.25) is 0 Å². The summed E-state index contributed by atoms with van der Waals surface area (Å²) in [6.07, 6.45) is 0.895. The fourth-order valence-corrected chi connectivity index (χ4v) is 2.10. The minimum absolute atomic E-state index is 0.385. The van der Waals surface area contributed by atoms with Crippen LogP contribution in [0.2, 0.25) is 0 Å². The van der Waals surface area contributed by atoms with Gasteiger partial charge in [0, 0.05) is 24.7 Å². The molecule has 1 N–H and O–H groups in total. The number of hydrogen-bond donors (Lipinski definition) is 1. The molecule has 1 saturated heterocycles. The van der Waals surface area contributed by atoms with E-state index in [1.807, 2.05) is 18.2 Å². The van der Waals surface area contributed by atoms with Crippen LogP contribution in [-0.4, -0.2) is 33.0 Å². The first-order chi connectivity index (χ1) is 9.31. The molecule has 2 aliphatic heterocycles. The summed E-state index contributed by atoms with van der Waals surface area (Å²) in [7, 11) is 0. The van der Waals surface area contributed by atoms with E-state index in [9.17, 15) is 0 Å². The molecule has 2 heterocycles. The Kier molecular flexibility index (Phi) is 3.18. The van der Waals surface area contributed by atoms with Crippen LogP contribution in [0.1, 0.15) is 6.42 Å². The Labute approximate surface area is 112 Å². The van der Waals surface area contributed by atoms with Gasteiger partial charge in [0.2, 0.25) is 0 Å². The zero-order valence-corrected chi connectivity index (χ0v) is 10.6. The van der Waals surface area contributed by atoms with Crippen LogP contribution in [0.4, 0.5) is 5.69 Å². The number of ether oxygens (including phenoxy) is 3. The summed E-state index contributed by atoms with van der Waals surface area (Å²) in [4.78, 5) is 0. The van der Waals surface area contributed by atoms with E-state index in [4.69, 9.17) is 19.5 Å². The Morgan fingerprint density at radius 2 is 2.00 bits per heavy atom. The van der Waals surface area contributed by atoms with Gasteiger partial charge < -0.3 is 19.5 Å².